The highest BCUT2D eigenvalue weighted by Gasteiger charge is 2.58. The van der Waals surface area contributed by atoms with Crippen molar-refractivity contribution in [2.45, 2.75) is 71.3 Å². The molecule has 0 aliphatic heterocycles. The zero-order valence-corrected chi connectivity index (χ0v) is 14.5. The van der Waals surface area contributed by atoms with Gasteiger partial charge in [-0.25, -0.2) is 0 Å². The predicted octanol–water partition coefficient (Wildman–Crippen LogP) is 3.85. The average Bonchev–Trinajstić information content (AvgIpc) is 2.84. The third-order valence-electron chi connectivity index (χ3n) is 8.08. The summed E-state index contributed by atoms with van der Waals surface area (Å²) in [6.07, 6.45) is 11.3. The molecule has 4 aliphatic carbocycles. The van der Waals surface area contributed by atoms with Crippen LogP contribution in [-0.4, -0.2) is 23.8 Å². The van der Waals surface area contributed by atoms with Crippen LogP contribution in [0, 0.1) is 28.6 Å². The lowest BCUT2D eigenvalue weighted by molar-refractivity contribution is -0.132. The van der Waals surface area contributed by atoms with Crippen LogP contribution in [0.25, 0.3) is 0 Å². The number of hydrogen-bond acceptors (Lipinski definition) is 3. The molecule has 23 heavy (non-hydrogen) atoms. The summed E-state index contributed by atoms with van der Waals surface area (Å²) < 4.78 is 5.48. The van der Waals surface area contributed by atoms with Crippen molar-refractivity contribution in [3.05, 3.63) is 11.6 Å². The minimum absolute atomic E-state index is 0.0277. The predicted molar refractivity (Wildman–Crippen MR) is 88.7 cm³/mol. The molecule has 4 rings (SSSR count). The van der Waals surface area contributed by atoms with E-state index in [1.165, 1.54) is 12.8 Å². The quantitative estimate of drug-likeness (QED) is 0.621. The van der Waals surface area contributed by atoms with Crippen molar-refractivity contribution in [2.24, 2.45) is 28.6 Å². The molecule has 6 atom stereocenters. The van der Waals surface area contributed by atoms with E-state index in [2.05, 4.69) is 19.9 Å². The first-order valence-electron chi connectivity index (χ1n) is 9.44. The van der Waals surface area contributed by atoms with E-state index < -0.39 is 0 Å². The zero-order valence-electron chi connectivity index (χ0n) is 14.5. The lowest BCUT2D eigenvalue weighted by Gasteiger charge is -2.57. The van der Waals surface area contributed by atoms with Crippen LogP contribution in [0.2, 0.25) is 0 Å². The standard InChI is InChI=1S/C20H30O3/c1-19-9-7-14(23-12-21)11-13(19)3-4-15-16-5-6-18(22)20(16,2)10-8-17(15)19/h3,14-17,21H,4-12H2,1-2H3/t14-,15-,16-,17-,19-,20-/m0/s1. The van der Waals surface area contributed by atoms with Crippen LogP contribution in [0.1, 0.15) is 65.2 Å². The molecule has 4 aliphatic rings. The maximum Gasteiger partial charge on any atom is 0.143 e. The zero-order chi connectivity index (χ0) is 16.2. The average molecular weight is 318 g/mol. The normalized spacial score (nSPS) is 49.2. The summed E-state index contributed by atoms with van der Waals surface area (Å²) in [6, 6.07) is 0. The number of Topliss-reactive ketones (excluding diaryl/α,β-unsaturated/α-hetero) is 1. The van der Waals surface area contributed by atoms with E-state index in [1.54, 1.807) is 5.57 Å². The Morgan fingerprint density at radius 3 is 2.70 bits per heavy atom. The van der Waals surface area contributed by atoms with Crippen molar-refractivity contribution in [1.29, 1.82) is 0 Å². The second-order valence-corrected chi connectivity index (χ2v) is 8.84. The van der Waals surface area contributed by atoms with Crippen LogP contribution in [0.3, 0.4) is 0 Å². The molecular weight excluding hydrogens is 288 g/mol. The number of carbonyl (C=O) groups is 1. The first-order valence-corrected chi connectivity index (χ1v) is 9.44. The minimum Gasteiger partial charge on any atom is -0.371 e. The summed E-state index contributed by atoms with van der Waals surface area (Å²) in [5.41, 5.74) is 1.84. The fourth-order valence-electron chi connectivity index (χ4n) is 6.65. The van der Waals surface area contributed by atoms with E-state index in [1.807, 2.05) is 0 Å². The SMILES string of the molecule is C[C@]12CC[C@H](OCO)CC1=CC[C@@H]1[C@@H]2CC[C@]2(C)C(=O)CC[C@@H]12. The largest absolute Gasteiger partial charge is 0.371 e. The Morgan fingerprint density at radius 2 is 1.91 bits per heavy atom. The van der Waals surface area contributed by atoms with Crippen molar-refractivity contribution in [2.75, 3.05) is 6.79 Å². The number of aliphatic hydroxyl groups is 1. The van der Waals surface area contributed by atoms with Gasteiger partial charge in [0.15, 0.2) is 0 Å². The number of rotatable bonds is 2. The third kappa shape index (κ3) is 2.19. The van der Waals surface area contributed by atoms with Crippen molar-refractivity contribution in [1.82, 2.24) is 0 Å². The Bertz CT molecular complexity index is 539. The van der Waals surface area contributed by atoms with Crippen LogP contribution < -0.4 is 0 Å². The second-order valence-electron chi connectivity index (χ2n) is 8.84. The fourth-order valence-corrected chi connectivity index (χ4v) is 6.65. The Labute approximate surface area is 139 Å². The second kappa shape index (κ2) is 5.42. The summed E-state index contributed by atoms with van der Waals surface area (Å²) in [6.45, 7) is 4.55. The van der Waals surface area contributed by atoms with E-state index in [-0.39, 0.29) is 18.3 Å². The number of allylic oxidation sites excluding steroid dienone is 1. The van der Waals surface area contributed by atoms with Crippen molar-refractivity contribution in [3.8, 4) is 0 Å². The molecule has 0 aromatic heterocycles. The third-order valence-corrected chi connectivity index (χ3v) is 8.08. The van der Waals surface area contributed by atoms with E-state index in [9.17, 15) is 4.79 Å². The first-order chi connectivity index (χ1) is 11.0. The molecule has 0 bridgehead atoms. The van der Waals surface area contributed by atoms with Crippen LogP contribution >= 0.6 is 0 Å². The van der Waals surface area contributed by atoms with Gasteiger partial charge >= 0.3 is 0 Å². The number of ether oxygens (including phenoxy) is 1. The monoisotopic (exact) mass is 318 g/mol. The Morgan fingerprint density at radius 1 is 1.17 bits per heavy atom. The molecule has 0 spiro atoms. The van der Waals surface area contributed by atoms with Crippen LogP contribution in [0.15, 0.2) is 11.6 Å². The number of aliphatic hydroxyl groups excluding tert-OH is 1. The Hall–Kier alpha value is -0.670. The molecule has 0 saturated heterocycles. The Balaban J connectivity index is 1.61. The summed E-state index contributed by atoms with van der Waals surface area (Å²) in [4.78, 5) is 12.4. The highest BCUT2D eigenvalue weighted by molar-refractivity contribution is 5.87. The summed E-state index contributed by atoms with van der Waals surface area (Å²) in [5.74, 6) is 2.57. The molecule has 0 aromatic rings. The number of fused-ring (bicyclic) bond motifs is 5. The van der Waals surface area contributed by atoms with Gasteiger partial charge in [-0.1, -0.05) is 25.5 Å². The highest BCUT2D eigenvalue weighted by Crippen LogP contribution is 2.64. The fraction of sp³-hybridized carbons (Fsp3) is 0.850. The molecule has 128 valence electrons. The van der Waals surface area contributed by atoms with Gasteiger partial charge in [-0.15, -0.1) is 0 Å². The van der Waals surface area contributed by atoms with Crippen LogP contribution in [0.4, 0.5) is 0 Å². The maximum atomic E-state index is 12.4. The molecule has 0 amide bonds. The maximum absolute atomic E-state index is 12.4. The van der Waals surface area contributed by atoms with Gasteiger partial charge in [-0.05, 0) is 68.1 Å². The molecule has 3 saturated carbocycles. The van der Waals surface area contributed by atoms with Crippen molar-refractivity contribution >= 4 is 5.78 Å². The number of ketones is 1. The molecule has 3 nitrogen and oxygen atoms in total. The van der Waals surface area contributed by atoms with Crippen LogP contribution in [0.5, 0.6) is 0 Å². The van der Waals surface area contributed by atoms with Gasteiger partial charge in [0, 0.05) is 11.8 Å². The Kier molecular flexibility index (Phi) is 3.73. The molecule has 3 fully saturated rings. The molecule has 0 heterocycles. The first kappa shape index (κ1) is 15.8. The topological polar surface area (TPSA) is 46.5 Å². The molecule has 0 radical (unpaired) electrons. The van der Waals surface area contributed by atoms with E-state index in [0.717, 1.165) is 44.4 Å². The summed E-state index contributed by atoms with van der Waals surface area (Å²) in [5, 5.41) is 9.05. The lowest BCUT2D eigenvalue weighted by Crippen LogP contribution is -2.50. The van der Waals surface area contributed by atoms with Crippen molar-refractivity contribution in [3.63, 3.8) is 0 Å². The highest BCUT2D eigenvalue weighted by atomic mass is 16.6. The van der Waals surface area contributed by atoms with Gasteiger partial charge < -0.3 is 9.84 Å². The van der Waals surface area contributed by atoms with Gasteiger partial charge in [0.1, 0.15) is 12.6 Å². The molecular formula is C20H30O3. The minimum atomic E-state index is -0.163. The van der Waals surface area contributed by atoms with E-state index in [0.29, 0.717) is 23.0 Å². The smallest absolute Gasteiger partial charge is 0.143 e. The molecule has 0 aromatic carbocycles. The summed E-state index contributed by atoms with van der Waals surface area (Å²) >= 11 is 0. The van der Waals surface area contributed by atoms with E-state index >= 15 is 0 Å². The van der Waals surface area contributed by atoms with Gasteiger partial charge in [0.05, 0.1) is 6.10 Å². The summed E-state index contributed by atoms with van der Waals surface area (Å²) in [7, 11) is 0. The van der Waals surface area contributed by atoms with Gasteiger partial charge in [0.25, 0.3) is 0 Å². The van der Waals surface area contributed by atoms with Gasteiger partial charge in [-0.2, -0.15) is 0 Å². The number of hydrogen-bond donors (Lipinski definition) is 1. The van der Waals surface area contributed by atoms with Crippen LogP contribution in [-0.2, 0) is 9.53 Å². The molecule has 0 unspecified atom stereocenters. The van der Waals surface area contributed by atoms with Gasteiger partial charge in [0.2, 0.25) is 0 Å². The lowest BCUT2D eigenvalue weighted by atomic mass is 9.48. The number of carbonyl (C=O) groups excluding carboxylic acids is 1. The molecule has 1 N–H and O–H groups in total. The molecule has 3 heteroatoms. The van der Waals surface area contributed by atoms with Gasteiger partial charge in [-0.3, -0.25) is 4.79 Å². The van der Waals surface area contributed by atoms with Crippen molar-refractivity contribution < 1.29 is 14.6 Å². The van der Waals surface area contributed by atoms with E-state index in [4.69, 9.17) is 9.84 Å².